The van der Waals surface area contributed by atoms with E-state index < -0.39 is 11.7 Å². The molecule has 0 aliphatic carbocycles. The molecule has 3 rings (SSSR count). The molecule has 0 heterocycles. The van der Waals surface area contributed by atoms with Gasteiger partial charge in [0.2, 0.25) is 5.91 Å². The summed E-state index contributed by atoms with van der Waals surface area (Å²) in [5.41, 5.74) is 1.67. The highest BCUT2D eigenvalue weighted by atomic mass is 19.1. The summed E-state index contributed by atoms with van der Waals surface area (Å²) in [7, 11) is 0. The number of hydrogen-bond donors (Lipinski definition) is 2. The Balaban J connectivity index is 1.42. The van der Waals surface area contributed by atoms with Gasteiger partial charge in [0, 0.05) is 24.2 Å². The third-order valence-corrected chi connectivity index (χ3v) is 4.32. The SMILES string of the molecule is O=C(CCCOc1ccccc1)NCc1cccc(NC(=O)c2cccc(F)c2)c1. The minimum absolute atomic E-state index is 0.0686. The molecule has 0 saturated carbocycles. The Morgan fingerprint density at radius 1 is 0.900 bits per heavy atom. The predicted molar refractivity (Wildman–Crippen MR) is 114 cm³/mol. The van der Waals surface area contributed by atoms with Crippen molar-refractivity contribution in [3.05, 3.63) is 95.8 Å². The second-order valence-electron chi connectivity index (χ2n) is 6.71. The van der Waals surface area contributed by atoms with Crippen LogP contribution >= 0.6 is 0 Å². The maximum Gasteiger partial charge on any atom is 0.255 e. The highest BCUT2D eigenvalue weighted by molar-refractivity contribution is 6.04. The second-order valence-corrected chi connectivity index (χ2v) is 6.71. The van der Waals surface area contributed by atoms with Crippen molar-refractivity contribution in [3.63, 3.8) is 0 Å². The van der Waals surface area contributed by atoms with Crippen LogP contribution < -0.4 is 15.4 Å². The van der Waals surface area contributed by atoms with E-state index in [4.69, 9.17) is 4.74 Å². The van der Waals surface area contributed by atoms with E-state index in [0.717, 1.165) is 11.3 Å². The summed E-state index contributed by atoms with van der Waals surface area (Å²) in [5, 5.41) is 5.60. The summed E-state index contributed by atoms with van der Waals surface area (Å²) >= 11 is 0. The fourth-order valence-electron chi connectivity index (χ4n) is 2.82. The third kappa shape index (κ3) is 6.74. The van der Waals surface area contributed by atoms with Gasteiger partial charge in [-0.05, 0) is 54.4 Å². The number of para-hydroxylation sites is 1. The van der Waals surface area contributed by atoms with Crippen LogP contribution in [-0.4, -0.2) is 18.4 Å². The Hall–Kier alpha value is -3.67. The minimum Gasteiger partial charge on any atom is -0.494 e. The lowest BCUT2D eigenvalue weighted by Gasteiger charge is -2.09. The summed E-state index contributed by atoms with van der Waals surface area (Å²) in [5.74, 6) is -0.141. The molecule has 2 amide bonds. The number of carbonyl (C=O) groups is 2. The smallest absolute Gasteiger partial charge is 0.255 e. The van der Waals surface area contributed by atoms with Gasteiger partial charge in [0.05, 0.1) is 6.61 Å². The zero-order valence-electron chi connectivity index (χ0n) is 16.4. The van der Waals surface area contributed by atoms with Gasteiger partial charge in [0.25, 0.3) is 5.91 Å². The van der Waals surface area contributed by atoms with E-state index in [1.54, 1.807) is 24.3 Å². The Kier molecular flexibility index (Phi) is 7.55. The number of ether oxygens (including phenoxy) is 1. The molecule has 0 aliphatic heterocycles. The van der Waals surface area contributed by atoms with E-state index in [0.29, 0.717) is 31.7 Å². The molecule has 154 valence electrons. The molecule has 0 spiro atoms. The monoisotopic (exact) mass is 406 g/mol. The van der Waals surface area contributed by atoms with Gasteiger partial charge in [0.1, 0.15) is 11.6 Å². The topological polar surface area (TPSA) is 67.4 Å². The molecule has 0 unspecified atom stereocenters. The number of halogens is 1. The number of nitrogens with one attached hydrogen (secondary N) is 2. The van der Waals surface area contributed by atoms with Gasteiger partial charge in [-0.1, -0.05) is 36.4 Å². The quantitative estimate of drug-likeness (QED) is 0.512. The van der Waals surface area contributed by atoms with Gasteiger partial charge >= 0.3 is 0 Å². The van der Waals surface area contributed by atoms with Crippen molar-refractivity contribution in [2.45, 2.75) is 19.4 Å². The van der Waals surface area contributed by atoms with E-state index in [2.05, 4.69) is 10.6 Å². The maximum absolute atomic E-state index is 13.3. The normalized spacial score (nSPS) is 10.3. The van der Waals surface area contributed by atoms with Crippen molar-refractivity contribution in [3.8, 4) is 5.75 Å². The molecule has 3 aromatic rings. The number of hydrogen-bond acceptors (Lipinski definition) is 3. The Morgan fingerprint density at radius 3 is 2.50 bits per heavy atom. The van der Waals surface area contributed by atoms with Crippen LogP contribution in [0.4, 0.5) is 10.1 Å². The molecule has 0 aromatic heterocycles. The van der Waals surface area contributed by atoms with E-state index in [9.17, 15) is 14.0 Å². The van der Waals surface area contributed by atoms with Crippen molar-refractivity contribution in [1.82, 2.24) is 5.32 Å². The first kappa shape index (κ1) is 21.0. The molecule has 0 radical (unpaired) electrons. The van der Waals surface area contributed by atoms with Crippen LogP contribution in [0.5, 0.6) is 5.75 Å². The zero-order valence-corrected chi connectivity index (χ0v) is 16.4. The van der Waals surface area contributed by atoms with Gasteiger partial charge in [-0.15, -0.1) is 0 Å². The summed E-state index contributed by atoms with van der Waals surface area (Å²) < 4.78 is 18.8. The Morgan fingerprint density at radius 2 is 1.70 bits per heavy atom. The van der Waals surface area contributed by atoms with Crippen LogP contribution in [0.2, 0.25) is 0 Å². The van der Waals surface area contributed by atoms with Crippen LogP contribution in [0.15, 0.2) is 78.9 Å². The third-order valence-electron chi connectivity index (χ3n) is 4.32. The van der Waals surface area contributed by atoms with Crippen LogP contribution in [0.3, 0.4) is 0 Å². The molecule has 0 atom stereocenters. The van der Waals surface area contributed by atoms with Gasteiger partial charge in [-0.25, -0.2) is 4.39 Å². The molecular formula is C24H23FN2O3. The maximum atomic E-state index is 13.3. The van der Waals surface area contributed by atoms with Crippen LogP contribution in [0.25, 0.3) is 0 Å². The fraction of sp³-hybridized carbons (Fsp3) is 0.167. The lowest BCUT2D eigenvalue weighted by molar-refractivity contribution is -0.121. The van der Waals surface area contributed by atoms with E-state index in [1.807, 2.05) is 36.4 Å². The van der Waals surface area contributed by atoms with E-state index in [1.165, 1.54) is 18.2 Å². The minimum atomic E-state index is -0.465. The van der Waals surface area contributed by atoms with Gasteiger partial charge in [0.15, 0.2) is 0 Å². The van der Waals surface area contributed by atoms with Crippen LogP contribution in [-0.2, 0) is 11.3 Å². The molecule has 30 heavy (non-hydrogen) atoms. The largest absolute Gasteiger partial charge is 0.494 e. The Labute approximate surface area is 174 Å². The van der Waals surface area contributed by atoms with Crippen molar-refractivity contribution >= 4 is 17.5 Å². The van der Waals surface area contributed by atoms with Crippen molar-refractivity contribution in [1.29, 1.82) is 0 Å². The molecule has 3 aromatic carbocycles. The average molecular weight is 406 g/mol. The van der Waals surface area contributed by atoms with Gasteiger partial charge in [-0.3, -0.25) is 9.59 Å². The first-order chi connectivity index (χ1) is 14.6. The average Bonchev–Trinajstić information content (AvgIpc) is 2.76. The molecule has 0 bridgehead atoms. The predicted octanol–water partition coefficient (Wildman–Crippen LogP) is 4.55. The van der Waals surface area contributed by atoms with E-state index >= 15 is 0 Å². The number of rotatable bonds is 9. The second kappa shape index (κ2) is 10.8. The molecule has 6 heteroatoms. The molecule has 0 saturated heterocycles. The molecular weight excluding hydrogens is 383 g/mol. The van der Waals surface area contributed by atoms with Crippen LogP contribution in [0, 0.1) is 5.82 Å². The number of anilines is 1. The lowest BCUT2D eigenvalue weighted by atomic mass is 10.1. The first-order valence-electron chi connectivity index (χ1n) is 9.70. The van der Waals surface area contributed by atoms with Crippen molar-refractivity contribution < 1.29 is 18.7 Å². The standard InChI is InChI=1S/C24H23FN2O3/c25-20-9-5-8-19(16-20)24(29)27-21-10-4-7-18(15-21)17-26-23(28)13-6-14-30-22-11-2-1-3-12-22/h1-5,7-12,15-16H,6,13-14,17H2,(H,26,28)(H,27,29). The van der Waals surface area contributed by atoms with Crippen molar-refractivity contribution in [2.75, 3.05) is 11.9 Å². The van der Waals surface area contributed by atoms with Gasteiger partial charge < -0.3 is 15.4 Å². The molecule has 5 nitrogen and oxygen atoms in total. The number of carbonyl (C=O) groups excluding carboxylic acids is 2. The fourth-order valence-corrected chi connectivity index (χ4v) is 2.82. The number of benzene rings is 3. The highest BCUT2D eigenvalue weighted by Gasteiger charge is 2.08. The summed E-state index contributed by atoms with van der Waals surface area (Å²) in [6.45, 7) is 0.821. The first-order valence-corrected chi connectivity index (χ1v) is 9.70. The van der Waals surface area contributed by atoms with E-state index in [-0.39, 0.29) is 11.5 Å². The van der Waals surface area contributed by atoms with Crippen LogP contribution in [0.1, 0.15) is 28.8 Å². The lowest BCUT2D eigenvalue weighted by Crippen LogP contribution is -2.23. The summed E-state index contributed by atoms with van der Waals surface area (Å²) in [6.07, 6.45) is 0.979. The summed E-state index contributed by atoms with van der Waals surface area (Å²) in [6, 6.07) is 22.1. The Bertz CT molecular complexity index is 993. The molecule has 0 aliphatic rings. The molecule has 0 fully saturated rings. The highest BCUT2D eigenvalue weighted by Crippen LogP contribution is 2.13. The number of amides is 2. The summed E-state index contributed by atoms with van der Waals surface area (Å²) in [4.78, 5) is 24.3. The van der Waals surface area contributed by atoms with Gasteiger partial charge in [-0.2, -0.15) is 0 Å². The van der Waals surface area contributed by atoms with Crippen molar-refractivity contribution in [2.24, 2.45) is 0 Å². The molecule has 2 N–H and O–H groups in total. The zero-order chi connectivity index (χ0) is 21.2.